The fourth-order valence-corrected chi connectivity index (χ4v) is 2.50. The molecular formula is C23H28FN3O7. The van der Waals surface area contributed by atoms with E-state index in [0.29, 0.717) is 0 Å². The Morgan fingerprint density at radius 3 is 1.79 bits per heavy atom. The summed E-state index contributed by atoms with van der Waals surface area (Å²) in [4.78, 5) is 40.6. The van der Waals surface area contributed by atoms with Gasteiger partial charge in [0.1, 0.15) is 45.7 Å². The second kappa shape index (κ2) is 10.4. The number of esters is 1. The molecule has 0 aliphatic heterocycles. The van der Waals surface area contributed by atoms with Crippen LogP contribution in [0.25, 0.3) is 0 Å². The van der Waals surface area contributed by atoms with Crippen LogP contribution in [-0.4, -0.2) is 41.5 Å². The number of hydrogen-bond acceptors (Lipinski definition) is 8. The van der Waals surface area contributed by atoms with Gasteiger partial charge in [-0.25, -0.2) is 23.8 Å². The van der Waals surface area contributed by atoms with E-state index in [1.165, 1.54) is 25.3 Å². The quantitative estimate of drug-likeness (QED) is 0.428. The second-order valence-electron chi connectivity index (χ2n) is 9.06. The van der Waals surface area contributed by atoms with Gasteiger partial charge in [-0.05, 0) is 53.7 Å². The van der Waals surface area contributed by atoms with Crippen molar-refractivity contribution in [1.82, 2.24) is 4.98 Å². The molecule has 2 N–H and O–H groups in total. The summed E-state index contributed by atoms with van der Waals surface area (Å²) in [6.45, 7) is 10.1. The number of anilines is 2. The van der Waals surface area contributed by atoms with Crippen molar-refractivity contribution in [2.45, 2.75) is 52.7 Å². The number of carbonyl (C=O) groups excluding carboxylic acids is 3. The Bertz CT molecular complexity index is 1030. The van der Waals surface area contributed by atoms with Crippen LogP contribution in [0.2, 0.25) is 0 Å². The molecule has 0 bridgehead atoms. The molecule has 0 spiro atoms. The summed E-state index contributed by atoms with van der Waals surface area (Å²) >= 11 is 0. The van der Waals surface area contributed by atoms with Gasteiger partial charge in [0.05, 0.1) is 7.11 Å². The molecule has 2 amide bonds. The molecule has 0 radical (unpaired) electrons. The zero-order valence-corrected chi connectivity index (χ0v) is 20.1. The summed E-state index contributed by atoms with van der Waals surface area (Å²) in [5.41, 5.74) is -1.58. The molecule has 34 heavy (non-hydrogen) atoms. The number of pyridine rings is 1. The topological polar surface area (TPSA) is 125 Å². The monoisotopic (exact) mass is 477 g/mol. The Labute approximate surface area is 196 Å². The first-order valence-electron chi connectivity index (χ1n) is 10.2. The molecule has 184 valence electrons. The van der Waals surface area contributed by atoms with E-state index in [-0.39, 0.29) is 28.7 Å². The lowest BCUT2D eigenvalue weighted by molar-refractivity contribution is 0.0594. The van der Waals surface area contributed by atoms with E-state index in [0.717, 1.165) is 12.1 Å². The smallest absolute Gasteiger partial charge is 0.413 e. The van der Waals surface area contributed by atoms with Crippen LogP contribution < -0.4 is 15.4 Å². The average Bonchev–Trinajstić information content (AvgIpc) is 2.64. The van der Waals surface area contributed by atoms with Gasteiger partial charge in [-0.1, -0.05) is 0 Å². The van der Waals surface area contributed by atoms with E-state index < -0.39 is 35.2 Å². The van der Waals surface area contributed by atoms with Gasteiger partial charge in [0.2, 0.25) is 0 Å². The lowest BCUT2D eigenvalue weighted by Crippen LogP contribution is -2.28. The Morgan fingerprint density at radius 1 is 0.853 bits per heavy atom. The number of carbonyl (C=O) groups is 3. The minimum absolute atomic E-state index is 0.0165. The summed E-state index contributed by atoms with van der Waals surface area (Å²) in [6, 6.07) is 5.88. The van der Waals surface area contributed by atoms with Crippen molar-refractivity contribution in [3.05, 3.63) is 41.7 Å². The molecule has 0 unspecified atom stereocenters. The van der Waals surface area contributed by atoms with Gasteiger partial charge in [-0.2, -0.15) is 0 Å². The predicted molar refractivity (Wildman–Crippen MR) is 122 cm³/mol. The molecule has 10 nitrogen and oxygen atoms in total. The molecule has 0 saturated heterocycles. The van der Waals surface area contributed by atoms with E-state index in [9.17, 15) is 18.8 Å². The number of methoxy groups -OCH3 is 1. The third kappa shape index (κ3) is 8.57. The highest BCUT2D eigenvalue weighted by atomic mass is 19.1. The normalized spacial score (nSPS) is 11.3. The average molecular weight is 477 g/mol. The molecule has 0 aliphatic rings. The van der Waals surface area contributed by atoms with Gasteiger partial charge in [-0.15, -0.1) is 0 Å². The molecule has 0 fully saturated rings. The first-order chi connectivity index (χ1) is 15.6. The molecule has 1 aromatic carbocycles. The number of halogens is 1. The van der Waals surface area contributed by atoms with Crippen LogP contribution in [0, 0.1) is 5.82 Å². The Morgan fingerprint density at radius 2 is 1.35 bits per heavy atom. The van der Waals surface area contributed by atoms with Gasteiger partial charge >= 0.3 is 18.2 Å². The molecular weight excluding hydrogens is 449 g/mol. The van der Waals surface area contributed by atoms with Crippen molar-refractivity contribution in [3.63, 3.8) is 0 Å². The summed E-state index contributed by atoms with van der Waals surface area (Å²) in [5, 5.41) is 4.87. The summed E-state index contributed by atoms with van der Waals surface area (Å²) < 4.78 is 34.7. The lowest BCUT2D eigenvalue weighted by Gasteiger charge is -2.21. The van der Waals surface area contributed by atoms with E-state index >= 15 is 0 Å². The van der Waals surface area contributed by atoms with Crippen LogP contribution in [0.15, 0.2) is 30.3 Å². The number of nitrogens with zero attached hydrogens (tertiary/aromatic N) is 1. The molecule has 1 aromatic heterocycles. The van der Waals surface area contributed by atoms with Crippen LogP contribution in [-0.2, 0) is 14.2 Å². The van der Waals surface area contributed by atoms with Crippen LogP contribution in [0.5, 0.6) is 11.5 Å². The highest BCUT2D eigenvalue weighted by Crippen LogP contribution is 2.30. The van der Waals surface area contributed by atoms with E-state index in [2.05, 4.69) is 15.6 Å². The maximum atomic E-state index is 13.8. The van der Waals surface area contributed by atoms with Crippen molar-refractivity contribution in [1.29, 1.82) is 0 Å². The Hall–Kier alpha value is -3.89. The maximum absolute atomic E-state index is 13.8. The number of hydrogen-bond donors (Lipinski definition) is 2. The third-order valence-corrected chi connectivity index (χ3v) is 3.63. The fraction of sp³-hybridized carbons (Fsp3) is 0.391. The van der Waals surface area contributed by atoms with Crippen molar-refractivity contribution < 1.29 is 37.7 Å². The molecule has 1 heterocycles. The summed E-state index contributed by atoms with van der Waals surface area (Å²) in [7, 11) is 1.17. The summed E-state index contributed by atoms with van der Waals surface area (Å²) in [6.07, 6.45) is -1.61. The number of aromatic nitrogens is 1. The van der Waals surface area contributed by atoms with Crippen LogP contribution >= 0.6 is 0 Å². The molecule has 0 aliphatic carbocycles. The van der Waals surface area contributed by atoms with Gasteiger partial charge in [0, 0.05) is 18.2 Å². The van der Waals surface area contributed by atoms with Gasteiger partial charge in [-0.3, -0.25) is 10.6 Å². The zero-order valence-electron chi connectivity index (χ0n) is 20.1. The van der Waals surface area contributed by atoms with Crippen LogP contribution in [0.1, 0.15) is 51.9 Å². The first-order valence-corrected chi connectivity index (χ1v) is 10.2. The van der Waals surface area contributed by atoms with Gasteiger partial charge in [0.15, 0.2) is 0 Å². The van der Waals surface area contributed by atoms with Crippen molar-refractivity contribution in [2.75, 3.05) is 17.7 Å². The summed E-state index contributed by atoms with van der Waals surface area (Å²) in [5.74, 6) is -1.63. The van der Waals surface area contributed by atoms with Crippen LogP contribution in [0.3, 0.4) is 0 Å². The second-order valence-corrected chi connectivity index (χ2v) is 9.06. The Kier molecular flexibility index (Phi) is 8.04. The molecule has 2 rings (SSSR count). The van der Waals surface area contributed by atoms with Gasteiger partial charge < -0.3 is 18.9 Å². The van der Waals surface area contributed by atoms with Crippen molar-refractivity contribution in [3.8, 4) is 11.5 Å². The molecule has 2 aromatic rings. The minimum Gasteiger partial charge on any atom is -0.465 e. The maximum Gasteiger partial charge on any atom is 0.413 e. The number of nitrogens with one attached hydrogen (secondary N) is 2. The highest BCUT2D eigenvalue weighted by molar-refractivity contribution is 5.92. The predicted octanol–water partition coefficient (Wildman–Crippen LogP) is 5.49. The largest absolute Gasteiger partial charge is 0.465 e. The first kappa shape index (κ1) is 26.4. The lowest BCUT2D eigenvalue weighted by atomic mass is 10.2. The van der Waals surface area contributed by atoms with Gasteiger partial charge in [0.25, 0.3) is 0 Å². The Balaban J connectivity index is 2.42. The fourth-order valence-electron chi connectivity index (χ4n) is 2.50. The molecule has 0 atom stereocenters. The standard InChI is InChI=1S/C23H28FN3O7/c1-22(2,3)33-20(29)26-17-11-14(12-18(25-17)27-21(30)34-23(4,5)6)32-16-10-13(24)8-9-15(16)19(28)31-7/h8-12H,1-7H3,(H2,25,26,27,29,30). The number of ether oxygens (including phenoxy) is 4. The molecule has 11 heteroatoms. The zero-order chi connectivity index (χ0) is 25.7. The third-order valence-electron chi connectivity index (χ3n) is 3.63. The number of rotatable bonds is 5. The highest BCUT2D eigenvalue weighted by Gasteiger charge is 2.21. The van der Waals surface area contributed by atoms with E-state index in [4.69, 9.17) is 18.9 Å². The van der Waals surface area contributed by atoms with Crippen molar-refractivity contribution >= 4 is 29.8 Å². The SMILES string of the molecule is COC(=O)c1ccc(F)cc1Oc1cc(NC(=O)OC(C)(C)C)nc(NC(=O)OC(C)(C)C)c1. The minimum atomic E-state index is -0.804. The number of amides is 2. The van der Waals surface area contributed by atoms with Crippen molar-refractivity contribution in [2.24, 2.45) is 0 Å². The molecule has 0 saturated carbocycles. The number of benzene rings is 1. The van der Waals surface area contributed by atoms with E-state index in [1.54, 1.807) is 41.5 Å². The van der Waals surface area contributed by atoms with E-state index in [1.807, 2.05) is 0 Å². The van der Waals surface area contributed by atoms with Crippen LogP contribution in [0.4, 0.5) is 25.6 Å².